The Labute approximate surface area is 127 Å². The van der Waals surface area contributed by atoms with Crippen molar-refractivity contribution in [2.45, 2.75) is 58.4 Å². The highest BCUT2D eigenvalue weighted by Gasteiger charge is 2.35. The molecule has 0 spiro atoms. The van der Waals surface area contributed by atoms with Crippen LogP contribution in [0.25, 0.3) is 0 Å². The molecule has 5 heteroatoms. The SMILES string of the molecule is CCC1CCN(C(=O)NCC2CCC(C)C2)C(C(=O)O)C1. The summed E-state index contributed by atoms with van der Waals surface area (Å²) in [5.41, 5.74) is 0. The van der Waals surface area contributed by atoms with E-state index in [2.05, 4.69) is 19.2 Å². The van der Waals surface area contributed by atoms with Crippen LogP contribution in [-0.4, -0.2) is 41.1 Å². The van der Waals surface area contributed by atoms with Crippen LogP contribution in [0.1, 0.15) is 52.4 Å². The van der Waals surface area contributed by atoms with Gasteiger partial charge in [-0.3, -0.25) is 0 Å². The Kier molecular flexibility index (Phi) is 5.48. The molecular weight excluding hydrogens is 268 g/mol. The Morgan fingerprint density at radius 1 is 1.19 bits per heavy atom. The summed E-state index contributed by atoms with van der Waals surface area (Å²) >= 11 is 0. The summed E-state index contributed by atoms with van der Waals surface area (Å²) in [6, 6.07) is -0.859. The zero-order chi connectivity index (χ0) is 15.4. The second-order valence-electron chi connectivity index (χ2n) is 6.82. The van der Waals surface area contributed by atoms with E-state index >= 15 is 0 Å². The second-order valence-corrected chi connectivity index (χ2v) is 6.82. The van der Waals surface area contributed by atoms with Gasteiger partial charge in [0.2, 0.25) is 0 Å². The van der Waals surface area contributed by atoms with Gasteiger partial charge in [0.05, 0.1) is 0 Å². The van der Waals surface area contributed by atoms with Crippen molar-refractivity contribution in [1.82, 2.24) is 10.2 Å². The first-order valence-electron chi connectivity index (χ1n) is 8.28. The maximum atomic E-state index is 12.3. The fourth-order valence-corrected chi connectivity index (χ4v) is 3.73. The number of carboxylic acids is 1. The Balaban J connectivity index is 1.86. The van der Waals surface area contributed by atoms with Crippen molar-refractivity contribution < 1.29 is 14.7 Å². The van der Waals surface area contributed by atoms with Crippen molar-refractivity contribution in [3.05, 3.63) is 0 Å². The smallest absolute Gasteiger partial charge is 0.326 e. The highest BCUT2D eigenvalue weighted by Crippen LogP contribution is 2.30. The summed E-state index contributed by atoms with van der Waals surface area (Å²) in [6.07, 6.45) is 6.05. The maximum absolute atomic E-state index is 12.3. The fraction of sp³-hybridized carbons (Fsp3) is 0.875. The molecule has 0 radical (unpaired) electrons. The van der Waals surface area contributed by atoms with Gasteiger partial charge in [-0.15, -0.1) is 0 Å². The average molecular weight is 296 g/mol. The number of aliphatic carboxylic acids is 1. The topological polar surface area (TPSA) is 69.6 Å². The van der Waals surface area contributed by atoms with E-state index in [1.165, 1.54) is 24.2 Å². The lowest BCUT2D eigenvalue weighted by molar-refractivity contribution is -0.144. The summed E-state index contributed by atoms with van der Waals surface area (Å²) < 4.78 is 0. The third kappa shape index (κ3) is 4.11. The van der Waals surface area contributed by atoms with E-state index < -0.39 is 12.0 Å². The van der Waals surface area contributed by atoms with Gasteiger partial charge in [0.1, 0.15) is 6.04 Å². The first-order valence-corrected chi connectivity index (χ1v) is 8.28. The molecule has 1 aliphatic carbocycles. The van der Waals surface area contributed by atoms with Gasteiger partial charge in [0, 0.05) is 13.1 Å². The first kappa shape index (κ1) is 16.1. The van der Waals surface area contributed by atoms with Crippen molar-refractivity contribution in [2.24, 2.45) is 17.8 Å². The van der Waals surface area contributed by atoms with Gasteiger partial charge >= 0.3 is 12.0 Å². The number of amides is 2. The molecule has 1 aliphatic heterocycles. The van der Waals surface area contributed by atoms with Crippen LogP contribution in [0.15, 0.2) is 0 Å². The van der Waals surface area contributed by atoms with E-state index in [9.17, 15) is 14.7 Å². The summed E-state index contributed by atoms with van der Waals surface area (Å²) in [6.45, 7) is 5.57. The molecule has 1 saturated heterocycles. The number of nitrogens with one attached hydrogen (secondary N) is 1. The maximum Gasteiger partial charge on any atom is 0.326 e. The Bertz CT molecular complexity index is 386. The van der Waals surface area contributed by atoms with Crippen molar-refractivity contribution >= 4 is 12.0 Å². The van der Waals surface area contributed by atoms with Crippen LogP contribution >= 0.6 is 0 Å². The molecule has 0 aromatic carbocycles. The van der Waals surface area contributed by atoms with E-state index in [1.54, 1.807) is 0 Å². The van der Waals surface area contributed by atoms with Gasteiger partial charge in [0.25, 0.3) is 0 Å². The summed E-state index contributed by atoms with van der Waals surface area (Å²) in [5, 5.41) is 12.3. The molecule has 0 aromatic rings. The number of carbonyl (C=O) groups excluding carboxylic acids is 1. The molecule has 0 aromatic heterocycles. The van der Waals surface area contributed by atoms with E-state index in [0.29, 0.717) is 31.3 Å². The van der Waals surface area contributed by atoms with Crippen molar-refractivity contribution in [2.75, 3.05) is 13.1 Å². The lowest BCUT2D eigenvalue weighted by Gasteiger charge is -2.37. The van der Waals surface area contributed by atoms with Crippen LogP contribution < -0.4 is 5.32 Å². The molecule has 5 nitrogen and oxygen atoms in total. The molecule has 21 heavy (non-hydrogen) atoms. The van der Waals surface area contributed by atoms with Crippen LogP contribution in [0.5, 0.6) is 0 Å². The van der Waals surface area contributed by atoms with Gasteiger partial charge in [-0.05, 0) is 43.4 Å². The molecule has 2 fully saturated rings. The Hall–Kier alpha value is -1.26. The molecule has 1 heterocycles. The van der Waals surface area contributed by atoms with Crippen LogP contribution in [0.2, 0.25) is 0 Å². The van der Waals surface area contributed by atoms with Gasteiger partial charge in [-0.25, -0.2) is 9.59 Å². The normalized spacial score (nSPS) is 33.0. The zero-order valence-electron chi connectivity index (χ0n) is 13.2. The quantitative estimate of drug-likeness (QED) is 0.838. The summed E-state index contributed by atoms with van der Waals surface area (Å²) in [5.74, 6) is 0.850. The number of urea groups is 1. The number of rotatable bonds is 4. The number of likely N-dealkylation sites (tertiary alicyclic amines) is 1. The predicted molar refractivity (Wildman–Crippen MR) is 81.0 cm³/mol. The molecular formula is C16H28N2O3. The molecule has 2 N–H and O–H groups in total. The Morgan fingerprint density at radius 2 is 1.95 bits per heavy atom. The molecule has 4 atom stereocenters. The number of hydrogen-bond donors (Lipinski definition) is 2. The van der Waals surface area contributed by atoms with Crippen LogP contribution in [-0.2, 0) is 4.79 Å². The van der Waals surface area contributed by atoms with Gasteiger partial charge in [-0.2, -0.15) is 0 Å². The lowest BCUT2D eigenvalue weighted by atomic mass is 9.89. The van der Waals surface area contributed by atoms with Crippen LogP contribution in [0.3, 0.4) is 0 Å². The van der Waals surface area contributed by atoms with Gasteiger partial charge < -0.3 is 15.3 Å². The van der Waals surface area contributed by atoms with E-state index in [-0.39, 0.29) is 6.03 Å². The number of carboxylic acid groups (broad SMARTS) is 1. The third-order valence-electron chi connectivity index (χ3n) is 5.18. The van der Waals surface area contributed by atoms with E-state index in [1.807, 2.05) is 0 Å². The van der Waals surface area contributed by atoms with Crippen LogP contribution in [0.4, 0.5) is 4.79 Å². The highest BCUT2D eigenvalue weighted by atomic mass is 16.4. The lowest BCUT2D eigenvalue weighted by Crippen LogP contribution is -2.54. The predicted octanol–water partition coefficient (Wildman–Crippen LogP) is 2.71. The molecule has 120 valence electrons. The number of hydrogen-bond acceptors (Lipinski definition) is 2. The molecule has 4 unspecified atom stereocenters. The zero-order valence-corrected chi connectivity index (χ0v) is 13.2. The number of carbonyl (C=O) groups is 2. The molecule has 2 amide bonds. The molecule has 1 saturated carbocycles. The van der Waals surface area contributed by atoms with Gasteiger partial charge in [0.15, 0.2) is 0 Å². The van der Waals surface area contributed by atoms with Crippen LogP contribution in [0, 0.1) is 17.8 Å². The fourth-order valence-electron chi connectivity index (χ4n) is 3.73. The molecule has 2 rings (SSSR count). The monoisotopic (exact) mass is 296 g/mol. The minimum Gasteiger partial charge on any atom is -0.480 e. The second kappa shape index (κ2) is 7.14. The molecule has 2 aliphatic rings. The van der Waals surface area contributed by atoms with Crippen molar-refractivity contribution in [3.63, 3.8) is 0 Å². The standard InChI is InChI=1S/C16H28N2O3/c1-3-12-6-7-18(14(9-12)15(19)20)16(21)17-10-13-5-4-11(2)8-13/h11-14H,3-10H2,1-2H3,(H,17,21)(H,19,20). The van der Waals surface area contributed by atoms with Crippen molar-refractivity contribution in [3.8, 4) is 0 Å². The Morgan fingerprint density at radius 3 is 2.52 bits per heavy atom. The third-order valence-corrected chi connectivity index (χ3v) is 5.18. The largest absolute Gasteiger partial charge is 0.480 e. The van der Waals surface area contributed by atoms with Crippen molar-refractivity contribution in [1.29, 1.82) is 0 Å². The average Bonchev–Trinajstić information content (AvgIpc) is 2.89. The van der Waals surface area contributed by atoms with E-state index in [4.69, 9.17) is 0 Å². The number of piperidine rings is 1. The number of nitrogens with zero attached hydrogens (tertiary/aromatic N) is 1. The minimum atomic E-state index is -0.877. The summed E-state index contributed by atoms with van der Waals surface area (Å²) in [7, 11) is 0. The van der Waals surface area contributed by atoms with E-state index in [0.717, 1.165) is 18.8 Å². The van der Waals surface area contributed by atoms with Gasteiger partial charge in [-0.1, -0.05) is 26.7 Å². The highest BCUT2D eigenvalue weighted by molar-refractivity contribution is 5.82. The summed E-state index contributed by atoms with van der Waals surface area (Å²) in [4.78, 5) is 25.2. The minimum absolute atomic E-state index is 0.198. The molecule has 0 bridgehead atoms. The first-order chi connectivity index (χ1) is 10.0.